The Hall–Kier alpha value is -2.15. The highest BCUT2D eigenvalue weighted by Gasteiger charge is 2.24. The van der Waals surface area contributed by atoms with Gasteiger partial charge in [-0.2, -0.15) is 0 Å². The first-order valence-corrected chi connectivity index (χ1v) is 8.42. The molecule has 0 bridgehead atoms. The molecule has 1 aliphatic heterocycles. The van der Waals surface area contributed by atoms with Crippen molar-refractivity contribution >= 4 is 16.9 Å². The van der Waals surface area contributed by atoms with Crippen LogP contribution >= 0.6 is 0 Å². The van der Waals surface area contributed by atoms with E-state index in [1.807, 2.05) is 25.8 Å². The van der Waals surface area contributed by atoms with Gasteiger partial charge in [-0.3, -0.25) is 19.4 Å². The topological polar surface area (TPSA) is 83.0 Å². The number of pyridine rings is 1. The summed E-state index contributed by atoms with van der Waals surface area (Å²) in [6.45, 7) is 5.37. The summed E-state index contributed by atoms with van der Waals surface area (Å²) in [5.41, 5.74) is 3.04. The number of aromatic nitrogens is 3. The SMILES string of the molecule is CNC1CCN(C(=O)Cc2c(C)nc3c(c2C)c(=O)[nH]n3C)CC1. The summed E-state index contributed by atoms with van der Waals surface area (Å²) in [6, 6.07) is 0.499. The zero-order chi connectivity index (χ0) is 17.4. The van der Waals surface area contributed by atoms with Gasteiger partial charge in [0.15, 0.2) is 5.65 Å². The number of nitrogens with zero attached hydrogens (tertiary/aromatic N) is 3. The summed E-state index contributed by atoms with van der Waals surface area (Å²) in [7, 11) is 3.74. The molecule has 0 aliphatic carbocycles. The summed E-state index contributed by atoms with van der Waals surface area (Å²) < 4.78 is 1.63. The molecule has 2 aromatic heterocycles. The number of nitrogens with one attached hydrogen (secondary N) is 2. The molecule has 1 saturated heterocycles. The third-order valence-electron chi connectivity index (χ3n) is 5.16. The summed E-state index contributed by atoms with van der Waals surface area (Å²) in [5.74, 6) is 0.115. The van der Waals surface area contributed by atoms with Crippen LogP contribution in [0.25, 0.3) is 11.0 Å². The molecule has 3 rings (SSSR count). The van der Waals surface area contributed by atoms with Crippen LogP contribution in [0.1, 0.15) is 29.7 Å². The maximum absolute atomic E-state index is 12.7. The van der Waals surface area contributed by atoms with Crippen LogP contribution in [-0.2, 0) is 18.3 Å². The number of H-pyrrole nitrogens is 1. The fraction of sp³-hybridized carbons (Fsp3) is 0.588. The van der Waals surface area contributed by atoms with Crippen molar-refractivity contribution in [2.24, 2.45) is 7.05 Å². The van der Waals surface area contributed by atoms with Gasteiger partial charge in [-0.15, -0.1) is 0 Å². The summed E-state index contributed by atoms with van der Waals surface area (Å²) in [4.78, 5) is 31.3. The molecule has 2 aromatic rings. The van der Waals surface area contributed by atoms with Crippen molar-refractivity contribution in [2.75, 3.05) is 20.1 Å². The second-order valence-corrected chi connectivity index (χ2v) is 6.62. The van der Waals surface area contributed by atoms with E-state index in [0.29, 0.717) is 23.5 Å². The van der Waals surface area contributed by atoms with Gasteiger partial charge in [0.2, 0.25) is 5.91 Å². The van der Waals surface area contributed by atoms with Gasteiger partial charge in [0.1, 0.15) is 0 Å². The van der Waals surface area contributed by atoms with Gasteiger partial charge in [0.05, 0.1) is 11.8 Å². The van der Waals surface area contributed by atoms with Crippen molar-refractivity contribution in [2.45, 2.75) is 39.2 Å². The minimum Gasteiger partial charge on any atom is -0.342 e. The molecule has 1 amide bonds. The van der Waals surface area contributed by atoms with Crippen LogP contribution in [0.15, 0.2) is 4.79 Å². The number of amides is 1. The zero-order valence-corrected chi connectivity index (χ0v) is 14.8. The van der Waals surface area contributed by atoms with Crippen LogP contribution in [0, 0.1) is 13.8 Å². The number of fused-ring (bicyclic) bond motifs is 1. The molecular weight excluding hydrogens is 306 g/mol. The quantitative estimate of drug-likeness (QED) is 0.864. The van der Waals surface area contributed by atoms with Crippen molar-refractivity contribution in [3.63, 3.8) is 0 Å². The monoisotopic (exact) mass is 331 g/mol. The number of likely N-dealkylation sites (tertiary alicyclic amines) is 1. The predicted octanol–water partition coefficient (Wildman–Crippen LogP) is 0.631. The lowest BCUT2D eigenvalue weighted by molar-refractivity contribution is -0.131. The second-order valence-electron chi connectivity index (χ2n) is 6.62. The molecule has 0 spiro atoms. The van der Waals surface area contributed by atoms with Crippen LogP contribution in [0.2, 0.25) is 0 Å². The highest BCUT2D eigenvalue weighted by molar-refractivity contribution is 5.84. The largest absolute Gasteiger partial charge is 0.342 e. The van der Waals surface area contributed by atoms with E-state index in [1.54, 1.807) is 11.7 Å². The van der Waals surface area contributed by atoms with Gasteiger partial charge >= 0.3 is 0 Å². The smallest absolute Gasteiger partial charge is 0.273 e. The van der Waals surface area contributed by atoms with E-state index in [2.05, 4.69) is 15.4 Å². The molecule has 0 saturated carbocycles. The molecule has 3 heterocycles. The molecule has 0 aromatic carbocycles. The fourth-order valence-electron chi connectivity index (χ4n) is 3.59. The molecule has 130 valence electrons. The first kappa shape index (κ1) is 16.7. The van der Waals surface area contributed by atoms with Crippen molar-refractivity contribution in [1.82, 2.24) is 25.0 Å². The Balaban J connectivity index is 1.86. The van der Waals surface area contributed by atoms with E-state index in [4.69, 9.17) is 0 Å². The number of hydrogen-bond acceptors (Lipinski definition) is 4. The molecule has 2 N–H and O–H groups in total. The van der Waals surface area contributed by atoms with Gasteiger partial charge in [-0.1, -0.05) is 0 Å². The third kappa shape index (κ3) is 2.84. The molecular formula is C17H25N5O2. The Morgan fingerprint density at radius 2 is 2.00 bits per heavy atom. The van der Waals surface area contributed by atoms with Crippen LogP contribution in [0.4, 0.5) is 0 Å². The lowest BCUT2D eigenvalue weighted by Gasteiger charge is -2.32. The molecule has 0 unspecified atom stereocenters. The van der Waals surface area contributed by atoms with Crippen LogP contribution in [0.3, 0.4) is 0 Å². The number of rotatable bonds is 3. The van der Waals surface area contributed by atoms with Gasteiger partial charge in [0.25, 0.3) is 5.56 Å². The van der Waals surface area contributed by atoms with E-state index in [-0.39, 0.29) is 11.5 Å². The van der Waals surface area contributed by atoms with Gasteiger partial charge in [0, 0.05) is 31.9 Å². The average Bonchev–Trinajstić information content (AvgIpc) is 2.85. The zero-order valence-electron chi connectivity index (χ0n) is 14.8. The Morgan fingerprint density at radius 1 is 1.33 bits per heavy atom. The summed E-state index contributed by atoms with van der Waals surface area (Å²) in [5, 5.41) is 6.59. The van der Waals surface area contributed by atoms with Crippen LogP contribution in [0.5, 0.6) is 0 Å². The van der Waals surface area contributed by atoms with Crippen molar-refractivity contribution in [3.05, 3.63) is 27.2 Å². The minimum atomic E-state index is -0.152. The van der Waals surface area contributed by atoms with E-state index in [0.717, 1.165) is 42.8 Å². The maximum Gasteiger partial charge on any atom is 0.273 e. The van der Waals surface area contributed by atoms with E-state index < -0.39 is 0 Å². The molecule has 0 atom stereocenters. The lowest BCUT2D eigenvalue weighted by atomic mass is 10.00. The number of carbonyl (C=O) groups excluding carboxylic acids is 1. The van der Waals surface area contributed by atoms with Gasteiger partial charge in [-0.25, -0.2) is 4.98 Å². The Kier molecular flexibility index (Phi) is 4.45. The van der Waals surface area contributed by atoms with E-state index in [9.17, 15) is 9.59 Å². The average molecular weight is 331 g/mol. The highest BCUT2D eigenvalue weighted by Crippen LogP contribution is 2.21. The number of aromatic amines is 1. The van der Waals surface area contributed by atoms with E-state index >= 15 is 0 Å². The fourth-order valence-corrected chi connectivity index (χ4v) is 3.59. The molecule has 24 heavy (non-hydrogen) atoms. The first-order valence-electron chi connectivity index (χ1n) is 8.42. The molecule has 7 nitrogen and oxygen atoms in total. The normalized spacial score (nSPS) is 16.1. The molecule has 0 radical (unpaired) electrons. The number of piperidine rings is 1. The molecule has 1 aliphatic rings. The number of hydrogen-bond donors (Lipinski definition) is 2. The van der Waals surface area contributed by atoms with Crippen molar-refractivity contribution in [1.29, 1.82) is 0 Å². The Labute approximate surface area is 141 Å². The highest BCUT2D eigenvalue weighted by atomic mass is 16.2. The van der Waals surface area contributed by atoms with Gasteiger partial charge < -0.3 is 10.2 Å². The Morgan fingerprint density at radius 3 is 2.62 bits per heavy atom. The predicted molar refractivity (Wildman–Crippen MR) is 93.2 cm³/mol. The van der Waals surface area contributed by atoms with Gasteiger partial charge in [-0.05, 0) is 44.9 Å². The summed E-state index contributed by atoms with van der Waals surface area (Å²) >= 11 is 0. The second kappa shape index (κ2) is 6.39. The third-order valence-corrected chi connectivity index (χ3v) is 5.16. The van der Waals surface area contributed by atoms with Crippen LogP contribution in [-0.4, -0.2) is 51.8 Å². The number of aryl methyl sites for hydroxylation is 3. The maximum atomic E-state index is 12.7. The molecule has 1 fully saturated rings. The number of carbonyl (C=O) groups is 1. The standard InChI is InChI=1S/C17H25N5O2/c1-10-13(9-14(23)22-7-5-12(18-3)6-8-22)11(2)19-16-15(10)17(24)20-21(16)4/h12,18H,5-9H2,1-4H3,(H,20,24). The Bertz CT molecular complexity index is 828. The molecule has 7 heteroatoms. The lowest BCUT2D eigenvalue weighted by Crippen LogP contribution is -2.44. The minimum absolute atomic E-state index is 0.115. The van der Waals surface area contributed by atoms with E-state index in [1.165, 1.54) is 0 Å². The van der Waals surface area contributed by atoms with Crippen molar-refractivity contribution < 1.29 is 4.79 Å². The summed E-state index contributed by atoms with van der Waals surface area (Å²) in [6.07, 6.45) is 2.27. The van der Waals surface area contributed by atoms with Crippen LogP contribution < -0.4 is 10.9 Å². The van der Waals surface area contributed by atoms with Crippen molar-refractivity contribution in [3.8, 4) is 0 Å². The first-order chi connectivity index (χ1) is 11.4.